The molecule has 0 aliphatic heterocycles. The number of carbonyl (C=O) groups is 1. The molecule has 0 bridgehead atoms. The van der Waals surface area contributed by atoms with Gasteiger partial charge in [0.2, 0.25) is 5.91 Å². The lowest BCUT2D eigenvalue weighted by Gasteiger charge is -2.18. The number of aromatic nitrogens is 2. The molecule has 8 nitrogen and oxygen atoms in total. The molecule has 2 aromatic carbocycles. The Hall–Kier alpha value is -3.39. The Labute approximate surface area is 197 Å². The first-order valence-electron chi connectivity index (χ1n) is 10.6. The maximum atomic E-state index is 13.1. The van der Waals surface area contributed by atoms with Crippen LogP contribution in [-0.2, 0) is 4.79 Å². The third-order valence-corrected chi connectivity index (χ3v) is 6.13. The Morgan fingerprint density at radius 3 is 2.45 bits per heavy atom. The topological polar surface area (TPSA) is 99.3 Å². The molecule has 0 saturated heterocycles. The van der Waals surface area contributed by atoms with Crippen molar-refractivity contribution in [2.45, 2.75) is 54.0 Å². The van der Waals surface area contributed by atoms with Crippen LogP contribution in [0.15, 0.2) is 30.3 Å². The summed E-state index contributed by atoms with van der Waals surface area (Å²) in [4.78, 5) is 24.1. The Morgan fingerprint density at radius 1 is 1.18 bits per heavy atom. The van der Waals surface area contributed by atoms with Gasteiger partial charge in [0, 0.05) is 12.1 Å². The van der Waals surface area contributed by atoms with Crippen molar-refractivity contribution in [3.05, 3.63) is 73.5 Å². The number of amides is 1. The molecule has 174 valence electrons. The highest BCUT2D eigenvalue weighted by atomic mass is 35.5. The Balaban J connectivity index is 1.94. The number of nitro groups is 1. The number of non-ortho nitro benzene ring substituents is 1. The number of carbonyl (C=O) groups excluding carboxylic acids is 1. The smallest absolute Gasteiger partial charge is 0.275 e. The fraction of sp³-hybridized carbons (Fsp3) is 0.333. The first kappa shape index (κ1) is 24.3. The number of aryl methyl sites for hydroxylation is 3. The molecule has 1 aromatic heterocycles. The van der Waals surface area contributed by atoms with Crippen LogP contribution in [0.2, 0.25) is 5.02 Å². The molecule has 0 radical (unpaired) electrons. The largest absolute Gasteiger partial charge is 0.457 e. The standard InChI is InChI=1S/C24H27ClN4O4/c1-7-21(28-17(6)23(25)16(5)27-28)24(30)26-18-10-19(29(31)32)12-20(11-18)33-22-9-13(2)8-14(3)15(22)4/h8-12,21H,7H2,1-6H3,(H,26,30). The minimum atomic E-state index is -0.624. The number of halogens is 1. The summed E-state index contributed by atoms with van der Waals surface area (Å²) in [5.41, 5.74) is 4.40. The van der Waals surface area contributed by atoms with Crippen molar-refractivity contribution in [2.75, 3.05) is 5.32 Å². The van der Waals surface area contributed by atoms with E-state index in [1.807, 2.05) is 39.8 Å². The van der Waals surface area contributed by atoms with Gasteiger partial charge in [0.25, 0.3) is 5.69 Å². The van der Waals surface area contributed by atoms with Gasteiger partial charge in [-0.1, -0.05) is 24.6 Å². The fourth-order valence-electron chi connectivity index (χ4n) is 3.69. The summed E-state index contributed by atoms with van der Waals surface area (Å²) in [5, 5.41) is 19.2. The number of benzene rings is 2. The molecule has 0 aliphatic carbocycles. The number of nitrogens with one attached hydrogen (secondary N) is 1. The predicted molar refractivity (Wildman–Crippen MR) is 128 cm³/mol. The number of rotatable bonds is 7. The normalized spacial score (nSPS) is 11.8. The van der Waals surface area contributed by atoms with Crippen LogP contribution in [0.5, 0.6) is 11.5 Å². The van der Waals surface area contributed by atoms with E-state index in [2.05, 4.69) is 10.4 Å². The molecule has 1 amide bonds. The molecule has 1 heterocycles. The van der Waals surface area contributed by atoms with Gasteiger partial charge >= 0.3 is 0 Å². The predicted octanol–water partition coefficient (Wildman–Crippen LogP) is 6.37. The lowest BCUT2D eigenvalue weighted by atomic mass is 10.1. The summed E-state index contributed by atoms with van der Waals surface area (Å²) in [7, 11) is 0. The van der Waals surface area contributed by atoms with Gasteiger partial charge in [-0.3, -0.25) is 19.6 Å². The summed E-state index contributed by atoms with van der Waals surface area (Å²) in [5.74, 6) is 0.512. The SMILES string of the molecule is CCC(C(=O)Nc1cc(Oc2cc(C)cc(C)c2C)cc([N+](=O)[O-])c1)n1nc(C)c(Cl)c1C. The molecular weight excluding hydrogens is 444 g/mol. The highest BCUT2D eigenvalue weighted by Crippen LogP contribution is 2.33. The molecule has 3 rings (SSSR count). The van der Waals surface area contributed by atoms with E-state index in [1.54, 1.807) is 24.6 Å². The monoisotopic (exact) mass is 470 g/mol. The molecule has 33 heavy (non-hydrogen) atoms. The van der Waals surface area contributed by atoms with Gasteiger partial charge in [-0.05, 0) is 63.8 Å². The van der Waals surface area contributed by atoms with Crippen LogP contribution in [0.3, 0.4) is 0 Å². The van der Waals surface area contributed by atoms with Gasteiger partial charge in [-0.25, -0.2) is 0 Å². The number of hydrogen-bond acceptors (Lipinski definition) is 5. The van der Waals surface area contributed by atoms with Gasteiger partial charge < -0.3 is 10.1 Å². The zero-order chi connectivity index (χ0) is 24.4. The summed E-state index contributed by atoms with van der Waals surface area (Å²) in [6, 6.07) is 7.51. The van der Waals surface area contributed by atoms with Crippen LogP contribution >= 0.6 is 11.6 Å². The number of ether oxygens (including phenoxy) is 1. The molecule has 0 aliphatic rings. The van der Waals surface area contributed by atoms with Gasteiger partial charge in [-0.15, -0.1) is 0 Å². The molecule has 9 heteroatoms. The van der Waals surface area contributed by atoms with Crippen LogP contribution in [0.25, 0.3) is 0 Å². The third kappa shape index (κ3) is 5.17. The van der Waals surface area contributed by atoms with Gasteiger partial charge in [0.05, 0.1) is 33.1 Å². The second-order valence-electron chi connectivity index (χ2n) is 8.12. The average molecular weight is 471 g/mol. The maximum absolute atomic E-state index is 13.1. The van der Waals surface area contributed by atoms with E-state index in [0.717, 1.165) is 16.7 Å². The Bertz CT molecular complexity index is 1240. The molecule has 0 saturated carbocycles. The Kier molecular flexibility index (Phi) is 7.07. The van der Waals surface area contributed by atoms with Crippen molar-refractivity contribution in [1.29, 1.82) is 0 Å². The second kappa shape index (κ2) is 9.62. The number of hydrogen-bond donors (Lipinski definition) is 1. The van der Waals surface area contributed by atoms with E-state index in [9.17, 15) is 14.9 Å². The zero-order valence-corrected chi connectivity index (χ0v) is 20.3. The van der Waals surface area contributed by atoms with Crippen molar-refractivity contribution in [3.63, 3.8) is 0 Å². The van der Waals surface area contributed by atoms with Crippen LogP contribution in [0, 0.1) is 44.7 Å². The highest BCUT2D eigenvalue weighted by molar-refractivity contribution is 6.31. The van der Waals surface area contributed by atoms with Gasteiger partial charge in [-0.2, -0.15) is 5.10 Å². The summed E-state index contributed by atoms with van der Waals surface area (Å²) >= 11 is 6.25. The molecule has 1 N–H and O–H groups in total. The van der Waals surface area contributed by atoms with E-state index in [-0.39, 0.29) is 23.0 Å². The highest BCUT2D eigenvalue weighted by Gasteiger charge is 2.24. The van der Waals surface area contributed by atoms with E-state index in [0.29, 0.717) is 28.6 Å². The summed E-state index contributed by atoms with van der Waals surface area (Å²) in [6.45, 7) is 11.3. The van der Waals surface area contributed by atoms with Gasteiger partial charge in [0.1, 0.15) is 17.5 Å². The van der Waals surface area contributed by atoms with Crippen molar-refractivity contribution in [2.24, 2.45) is 0 Å². The second-order valence-corrected chi connectivity index (χ2v) is 8.50. The molecule has 1 atom stereocenters. The fourth-order valence-corrected chi connectivity index (χ4v) is 3.82. The van der Waals surface area contributed by atoms with Crippen LogP contribution in [0.1, 0.15) is 47.5 Å². The molecule has 3 aromatic rings. The quantitative estimate of drug-likeness (QED) is 0.319. The number of anilines is 1. The number of nitrogens with zero attached hydrogens (tertiary/aromatic N) is 3. The Morgan fingerprint density at radius 2 is 1.88 bits per heavy atom. The lowest BCUT2D eigenvalue weighted by molar-refractivity contribution is -0.384. The average Bonchev–Trinajstić information content (AvgIpc) is 2.99. The first-order valence-corrected chi connectivity index (χ1v) is 11.0. The summed E-state index contributed by atoms with van der Waals surface area (Å²) < 4.78 is 7.59. The molecular formula is C24H27ClN4O4. The van der Waals surface area contributed by atoms with Gasteiger partial charge in [0.15, 0.2) is 0 Å². The van der Waals surface area contributed by atoms with E-state index in [1.165, 1.54) is 12.1 Å². The van der Waals surface area contributed by atoms with Crippen molar-refractivity contribution in [3.8, 4) is 11.5 Å². The van der Waals surface area contributed by atoms with Crippen molar-refractivity contribution >= 4 is 28.9 Å². The van der Waals surface area contributed by atoms with E-state index < -0.39 is 11.0 Å². The van der Waals surface area contributed by atoms with Crippen molar-refractivity contribution in [1.82, 2.24) is 9.78 Å². The van der Waals surface area contributed by atoms with Crippen LogP contribution < -0.4 is 10.1 Å². The van der Waals surface area contributed by atoms with E-state index in [4.69, 9.17) is 16.3 Å². The number of nitro benzene ring substituents is 1. The third-order valence-electron chi connectivity index (χ3n) is 5.58. The van der Waals surface area contributed by atoms with Crippen LogP contribution in [-0.4, -0.2) is 20.6 Å². The maximum Gasteiger partial charge on any atom is 0.275 e. The minimum Gasteiger partial charge on any atom is -0.457 e. The first-order chi connectivity index (χ1) is 15.5. The minimum absolute atomic E-state index is 0.188. The molecule has 1 unspecified atom stereocenters. The lowest BCUT2D eigenvalue weighted by Crippen LogP contribution is -2.27. The van der Waals surface area contributed by atoms with E-state index >= 15 is 0 Å². The van der Waals surface area contributed by atoms with Crippen LogP contribution in [0.4, 0.5) is 11.4 Å². The zero-order valence-electron chi connectivity index (χ0n) is 19.5. The molecule has 0 fully saturated rings. The van der Waals surface area contributed by atoms with Crippen molar-refractivity contribution < 1.29 is 14.5 Å². The molecule has 0 spiro atoms. The summed E-state index contributed by atoms with van der Waals surface area (Å²) in [6.07, 6.45) is 0.462.